The molecular formula is C14H30N2. The van der Waals surface area contributed by atoms with Gasteiger partial charge in [-0.25, -0.2) is 0 Å². The minimum atomic E-state index is 0.377. The van der Waals surface area contributed by atoms with Gasteiger partial charge in [-0.3, -0.25) is 4.90 Å². The van der Waals surface area contributed by atoms with Crippen molar-refractivity contribution in [3.8, 4) is 0 Å². The predicted octanol–water partition coefficient (Wildman–Crippen LogP) is 3.16. The van der Waals surface area contributed by atoms with Gasteiger partial charge in [0.1, 0.15) is 0 Å². The average Bonchev–Trinajstić information content (AvgIpc) is 2.31. The van der Waals surface area contributed by atoms with Crippen LogP contribution in [0.15, 0.2) is 0 Å². The summed E-state index contributed by atoms with van der Waals surface area (Å²) >= 11 is 0. The Bertz CT molecular complexity index is 182. The maximum atomic E-state index is 6.35. The van der Waals surface area contributed by atoms with E-state index in [0.717, 1.165) is 6.04 Å². The van der Waals surface area contributed by atoms with Gasteiger partial charge in [0.05, 0.1) is 0 Å². The molecule has 1 saturated heterocycles. The molecule has 2 heteroatoms. The monoisotopic (exact) mass is 226 g/mol. The summed E-state index contributed by atoms with van der Waals surface area (Å²) < 4.78 is 0. The number of likely N-dealkylation sites (tertiary alicyclic amines) is 1. The molecule has 1 fully saturated rings. The predicted molar refractivity (Wildman–Crippen MR) is 71.6 cm³/mol. The van der Waals surface area contributed by atoms with Crippen LogP contribution in [0.3, 0.4) is 0 Å². The molecule has 2 nitrogen and oxygen atoms in total. The first-order chi connectivity index (χ1) is 7.74. The number of nitrogens with zero attached hydrogens (tertiary/aromatic N) is 1. The lowest BCUT2D eigenvalue weighted by Crippen LogP contribution is -2.53. The van der Waals surface area contributed by atoms with Crippen LogP contribution in [0, 0.1) is 0 Å². The van der Waals surface area contributed by atoms with Crippen molar-refractivity contribution in [1.29, 1.82) is 0 Å². The maximum Gasteiger partial charge on any atom is 0.0247 e. The van der Waals surface area contributed by atoms with Crippen LogP contribution in [0.4, 0.5) is 0 Å². The van der Waals surface area contributed by atoms with Gasteiger partial charge in [-0.05, 0) is 38.6 Å². The summed E-state index contributed by atoms with van der Waals surface area (Å²) in [5, 5.41) is 0. The Morgan fingerprint density at radius 3 is 2.56 bits per heavy atom. The molecule has 0 aliphatic carbocycles. The van der Waals surface area contributed by atoms with Crippen LogP contribution < -0.4 is 5.73 Å². The van der Waals surface area contributed by atoms with Crippen LogP contribution in [0.2, 0.25) is 0 Å². The molecule has 0 aromatic heterocycles. The zero-order chi connectivity index (χ0) is 12.0. The number of hydrogen-bond acceptors (Lipinski definition) is 2. The zero-order valence-electron chi connectivity index (χ0n) is 11.4. The van der Waals surface area contributed by atoms with Crippen molar-refractivity contribution < 1.29 is 0 Å². The molecule has 1 aliphatic rings. The molecule has 16 heavy (non-hydrogen) atoms. The van der Waals surface area contributed by atoms with Crippen LogP contribution in [0.1, 0.15) is 65.7 Å². The van der Waals surface area contributed by atoms with Gasteiger partial charge in [0.2, 0.25) is 0 Å². The lowest BCUT2D eigenvalue weighted by molar-refractivity contribution is 0.0729. The van der Waals surface area contributed by atoms with Crippen molar-refractivity contribution in [2.75, 3.05) is 6.54 Å². The van der Waals surface area contributed by atoms with E-state index in [2.05, 4.69) is 25.7 Å². The Morgan fingerprint density at radius 2 is 2.00 bits per heavy atom. The van der Waals surface area contributed by atoms with Gasteiger partial charge in [-0.15, -0.1) is 0 Å². The van der Waals surface area contributed by atoms with E-state index in [1.807, 2.05) is 0 Å². The molecule has 3 atom stereocenters. The van der Waals surface area contributed by atoms with Crippen LogP contribution in [0.25, 0.3) is 0 Å². The smallest absolute Gasteiger partial charge is 0.0247 e. The second-order valence-corrected chi connectivity index (χ2v) is 5.22. The Hall–Kier alpha value is -0.0800. The largest absolute Gasteiger partial charge is 0.326 e. The van der Waals surface area contributed by atoms with Crippen LogP contribution in [-0.2, 0) is 0 Å². The minimum Gasteiger partial charge on any atom is -0.326 e. The van der Waals surface area contributed by atoms with E-state index in [4.69, 9.17) is 5.73 Å². The van der Waals surface area contributed by atoms with Crippen molar-refractivity contribution in [3.63, 3.8) is 0 Å². The van der Waals surface area contributed by atoms with E-state index in [-0.39, 0.29) is 0 Å². The van der Waals surface area contributed by atoms with Crippen molar-refractivity contribution in [3.05, 3.63) is 0 Å². The second kappa shape index (κ2) is 7.29. The fourth-order valence-electron chi connectivity index (χ4n) is 3.21. The van der Waals surface area contributed by atoms with Gasteiger partial charge < -0.3 is 5.73 Å². The van der Waals surface area contributed by atoms with Gasteiger partial charge in [0, 0.05) is 18.1 Å². The second-order valence-electron chi connectivity index (χ2n) is 5.22. The van der Waals surface area contributed by atoms with Gasteiger partial charge in [-0.1, -0.05) is 33.6 Å². The van der Waals surface area contributed by atoms with Gasteiger partial charge in [0.15, 0.2) is 0 Å². The Balaban J connectivity index is 2.61. The molecule has 0 amide bonds. The summed E-state index contributed by atoms with van der Waals surface area (Å²) in [7, 11) is 0. The molecule has 1 heterocycles. The quantitative estimate of drug-likeness (QED) is 0.754. The number of rotatable bonds is 6. The zero-order valence-corrected chi connectivity index (χ0v) is 11.4. The molecule has 0 bridgehead atoms. The fraction of sp³-hybridized carbons (Fsp3) is 1.00. The average molecular weight is 226 g/mol. The van der Waals surface area contributed by atoms with Crippen LogP contribution in [0.5, 0.6) is 0 Å². The highest BCUT2D eigenvalue weighted by Crippen LogP contribution is 2.25. The molecule has 2 N–H and O–H groups in total. The summed E-state index contributed by atoms with van der Waals surface area (Å²) in [5.41, 5.74) is 6.35. The highest BCUT2D eigenvalue weighted by molar-refractivity contribution is 4.87. The first kappa shape index (κ1) is 14.0. The van der Waals surface area contributed by atoms with E-state index in [0.29, 0.717) is 12.1 Å². The van der Waals surface area contributed by atoms with E-state index >= 15 is 0 Å². The van der Waals surface area contributed by atoms with Gasteiger partial charge in [-0.2, -0.15) is 0 Å². The maximum absolute atomic E-state index is 6.35. The molecule has 0 saturated carbocycles. The van der Waals surface area contributed by atoms with Crippen molar-refractivity contribution >= 4 is 0 Å². The molecule has 96 valence electrons. The fourth-order valence-corrected chi connectivity index (χ4v) is 3.21. The van der Waals surface area contributed by atoms with Gasteiger partial charge >= 0.3 is 0 Å². The molecule has 1 aliphatic heterocycles. The molecular weight excluding hydrogens is 196 g/mol. The third-order valence-corrected chi connectivity index (χ3v) is 4.10. The van der Waals surface area contributed by atoms with E-state index in [1.54, 1.807) is 0 Å². The normalized spacial score (nSPS) is 26.6. The van der Waals surface area contributed by atoms with Crippen LogP contribution in [-0.4, -0.2) is 29.6 Å². The molecule has 0 aromatic rings. The first-order valence-electron chi connectivity index (χ1n) is 7.25. The molecule has 3 unspecified atom stereocenters. The van der Waals surface area contributed by atoms with Crippen molar-refractivity contribution in [2.24, 2.45) is 5.73 Å². The van der Waals surface area contributed by atoms with E-state index in [9.17, 15) is 0 Å². The highest BCUT2D eigenvalue weighted by atomic mass is 15.2. The summed E-state index contributed by atoms with van der Waals surface area (Å²) in [6.45, 7) is 8.12. The molecule has 0 radical (unpaired) electrons. The summed E-state index contributed by atoms with van der Waals surface area (Å²) in [4.78, 5) is 2.71. The number of hydrogen-bond donors (Lipinski definition) is 1. The number of piperidine rings is 1. The highest BCUT2D eigenvalue weighted by Gasteiger charge is 2.29. The summed E-state index contributed by atoms with van der Waals surface area (Å²) in [5.74, 6) is 0. The lowest BCUT2D eigenvalue weighted by Gasteiger charge is -2.43. The van der Waals surface area contributed by atoms with Gasteiger partial charge in [0.25, 0.3) is 0 Å². The summed E-state index contributed by atoms with van der Waals surface area (Å²) in [6, 6.07) is 1.79. The standard InChI is InChI=1S/C14H30N2/c1-4-9-13(15)14(6-3)16-11-8-7-10-12(16)5-2/h12-14H,4-11,15H2,1-3H3. The Kier molecular flexibility index (Phi) is 6.37. The lowest BCUT2D eigenvalue weighted by atomic mass is 9.92. The molecule has 0 aromatic carbocycles. The Morgan fingerprint density at radius 1 is 1.25 bits per heavy atom. The SMILES string of the molecule is CCCC(N)C(CC)N1CCCCC1CC. The summed E-state index contributed by atoms with van der Waals surface area (Å²) in [6.07, 6.45) is 9.03. The third-order valence-electron chi connectivity index (χ3n) is 4.10. The minimum absolute atomic E-state index is 0.377. The Labute approximate surface area is 102 Å². The van der Waals surface area contributed by atoms with Crippen LogP contribution >= 0.6 is 0 Å². The molecule has 1 rings (SSSR count). The third kappa shape index (κ3) is 3.46. The van der Waals surface area contributed by atoms with E-state index in [1.165, 1.54) is 51.5 Å². The van der Waals surface area contributed by atoms with E-state index < -0.39 is 0 Å². The molecule has 0 spiro atoms. The van der Waals surface area contributed by atoms with Crippen molar-refractivity contribution in [2.45, 2.75) is 83.8 Å². The van der Waals surface area contributed by atoms with Crippen molar-refractivity contribution in [1.82, 2.24) is 4.90 Å². The number of nitrogens with two attached hydrogens (primary N) is 1. The topological polar surface area (TPSA) is 29.3 Å². The first-order valence-corrected chi connectivity index (χ1v) is 7.25.